The molecule has 0 heterocycles. The zero-order valence-corrected chi connectivity index (χ0v) is 13.1. The normalized spacial score (nSPS) is 12.2. The van der Waals surface area contributed by atoms with E-state index in [1.807, 2.05) is 38.1 Å². The minimum Gasteiger partial charge on any atom is -0.494 e. The summed E-state index contributed by atoms with van der Waals surface area (Å²) in [7, 11) is 0. The molecule has 0 bridgehead atoms. The SMILES string of the molecule is CCOc1ccc(C)cc1C(N)c1cc(F)cc(Br)c1. The van der Waals surface area contributed by atoms with Gasteiger partial charge in [0.2, 0.25) is 0 Å². The molecule has 0 saturated carbocycles. The van der Waals surface area contributed by atoms with E-state index < -0.39 is 6.04 Å². The molecule has 0 amide bonds. The minimum atomic E-state index is -0.427. The van der Waals surface area contributed by atoms with Gasteiger partial charge in [0.15, 0.2) is 0 Å². The quantitative estimate of drug-likeness (QED) is 0.900. The molecule has 0 aliphatic rings. The zero-order chi connectivity index (χ0) is 14.7. The van der Waals surface area contributed by atoms with Crippen molar-refractivity contribution in [2.24, 2.45) is 5.73 Å². The molecule has 0 fully saturated rings. The second-order valence-electron chi connectivity index (χ2n) is 4.65. The van der Waals surface area contributed by atoms with Crippen molar-refractivity contribution < 1.29 is 9.13 Å². The van der Waals surface area contributed by atoms with Crippen LogP contribution in [0.5, 0.6) is 5.75 Å². The number of hydrogen-bond acceptors (Lipinski definition) is 2. The molecule has 2 aromatic carbocycles. The average Bonchev–Trinajstić information content (AvgIpc) is 2.39. The van der Waals surface area contributed by atoms with E-state index in [1.165, 1.54) is 12.1 Å². The first-order valence-electron chi connectivity index (χ1n) is 6.46. The summed E-state index contributed by atoms with van der Waals surface area (Å²) in [4.78, 5) is 0. The van der Waals surface area contributed by atoms with E-state index in [-0.39, 0.29) is 5.82 Å². The first-order valence-corrected chi connectivity index (χ1v) is 7.25. The maximum absolute atomic E-state index is 13.5. The molecule has 2 rings (SSSR count). The highest BCUT2D eigenvalue weighted by Crippen LogP contribution is 2.31. The maximum Gasteiger partial charge on any atom is 0.124 e. The molecule has 2 nitrogen and oxygen atoms in total. The first kappa shape index (κ1) is 15.0. The standard InChI is InChI=1S/C16H17BrFNO/c1-3-20-15-5-4-10(2)6-14(15)16(19)11-7-12(17)9-13(18)8-11/h4-9,16H,3,19H2,1-2H3. The number of aryl methyl sites for hydroxylation is 1. The fraction of sp³-hybridized carbons (Fsp3) is 0.250. The van der Waals surface area contributed by atoms with Crippen LogP contribution in [-0.4, -0.2) is 6.61 Å². The van der Waals surface area contributed by atoms with E-state index in [0.717, 1.165) is 16.9 Å². The Kier molecular flexibility index (Phi) is 4.78. The Labute approximate surface area is 126 Å². The summed E-state index contributed by atoms with van der Waals surface area (Å²) in [5.74, 6) is 0.432. The van der Waals surface area contributed by atoms with Crippen LogP contribution in [0, 0.1) is 12.7 Å². The van der Waals surface area contributed by atoms with Gasteiger partial charge in [0.1, 0.15) is 11.6 Å². The molecule has 0 spiro atoms. The summed E-state index contributed by atoms with van der Waals surface area (Å²) in [6, 6.07) is 10.1. The molecule has 0 aliphatic carbocycles. The topological polar surface area (TPSA) is 35.2 Å². The van der Waals surface area contributed by atoms with E-state index in [1.54, 1.807) is 0 Å². The van der Waals surface area contributed by atoms with Crippen LogP contribution in [0.2, 0.25) is 0 Å². The maximum atomic E-state index is 13.5. The molecule has 0 radical (unpaired) electrons. The number of halogens is 2. The molecule has 0 saturated heterocycles. The summed E-state index contributed by atoms with van der Waals surface area (Å²) >= 11 is 3.29. The van der Waals surface area contributed by atoms with Gasteiger partial charge in [0, 0.05) is 10.0 Å². The second kappa shape index (κ2) is 6.37. The molecule has 20 heavy (non-hydrogen) atoms. The predicted molar refractivity (Wildman–Crippen MR) is 82.5 cm³/mol. The average molecular weight is 338 g/mol. The van der Waals surface area contributed by atoms with E-state index in [4.69, 9.17) is 10.5 Å². The molecule has 106 valence electrons. The van der Waals surface area contributed by atoms with E-state index in [9.17, 15) is 4.39 Å². The molecule has 2 N–H and O–H groups in total. The Morgan fingerprint density at radius 3 is 2.65 bits per heavy atom. The van der Waals surface area contributed by atoms with Crippen LogP contribution in [0.15, 0.2) is 40.9 Å². The van der Waals surface area contributed by atoms with Crippen molar-refractivity contribution in [3.05, 3.63) is 63.4 Å². The van der Waals surface area contributed by atoms with E-state index in [2.05, 4.69) is 15.9 Å². The number of rotatable bonds is 4. The molecule has 1 atom stereocenters. The van der Waals surface area contributed by atoms with Gasteiger partial charge in [-0.15, -0.1) is 0 Å². The Bertz CT molecular complexity index is 595. The molecular weight excluding hydrogens is 321 g/mol. The first-order chi connectivity index (χ1) is 9.51. The molecule has 4 heteroatoms. The van der Waals surface area contributed by atoms with Gasteiger partial charge in [-0.3, -0.25) is 0 Å². The van der Waals surface area contributed by atoms with Crippen LogP contribution in [0.4, 0.5) is 4.39 Å². The second-order valence-corrected chi connectivity index (χ2v) is 5.57. The lowest BCUT2D eigenvalue weighted by Gasteiger charge is -2.18. The largest absolute Gasteiger partial charge is 0.494 e. The van der Waals surface area contributed by atoms with Crippen molar-refractivity contribution in [1.29, 1.82) is 0 Å². The summed E-state index contributed by atoms with van der Waals surface area (Å²) in [5, 5.41) is 0. The van der Waals surface area contributed by atoms with Crippen LogP contribution in [-0.2, 0) is 0 Å². The molecule has 1 unspecified atom stereocenters. The van der Waals surface area contributed by atoms with Gasteiger partial charge in [-0.2, -0.15) is 0 Å². The summed E-state index contributed by atoms with van der Waals surface area (Å²) in [6.45, 7) is 4.48. The van der Waals surface area contributed by atoms with Gasteiger partial charge in [-0.25, -0.2) is 4.39 Å². The van der Waals surface area contributed by atoms with Crippen molar-refractivity contribution >= 4 is 15.9 Å². The summed E-state index contributed by atoms with van der Waals surface area (Å²) in [6.07, 6.45) is 0. The number of benzene rings is 2. The van der Waals surface area contributed by atoms with Crippen LogP contribution >= 0.6 is 15.9 Å². The lowest BCUT2D eigenvalue weighted by molar-refractivity contribution is 0.335. The van der Waals surface area contributed by atoms with Crippen molar-refractivity contribution in [1.82, 2.24) is 0 Å². The van der Waals surface area contributed by atoms with Gasteiger partial charge in [-0.05, 0) is 43.7 Å². The van der Waals surface area contributed by atoms with Gasteiger partial charge >= 0.3 is 0 Å². The predicted octanol–water partition coefficient (Wildman–Crippen LogP) is 4.34. The third-order valence-electron chi connectivity index (χ3n) is 3.04. The Morgan fingerprint density at radius 2 is 2.00 bits per heavy atom. The minimum absolute atomic E-state index is 0.310. The van der Waals surface area contributed by atoms with Crippen molar-refractivity contribution in [2.45, 2.75) is 19.9 Å². The third kappa shape index (κ3) is 3.38. The number of hydrogen-bond donors (Lipinski definition) is 1. The van der Waals surface area contributed by atoms with Crippen molar-refractivity contribution in [3.8, 4) is 5.75 Å². The third-order valence-corrected chi connectivity index (χ3v) is 3.50. The van der Waals surface area contributed by atoms with E-state index >= 15 is 0 Å². The van der Waals surface area contributed by atoms with Crippen LogP contribution < -0.4 is 10.5 Å². The van der Waals surface area contributed by atoms with Gasteiger partial charge in [-0.1, -0.05) is 33.6 Å². The molecular formula is C16H17BrFNO. The number of ether oxygens (including phenoxy) is 1. The molecule has 0 aliphatic heterocycles. The monoisotopic (exact) mass is 337 g/mol. The molecule has 0 aromatic heterocycles. The summed E-state index contributed by atoms with van der Waals surface area (Å²) in [5.41, 5.74) is 8.96. The fourth-order valence-electron chi connectivity index (χ4n) is 2.13. The van der Waals surface area contributed by atoms with E-state index in [0.29, 0.717) is 16.6 Å². The van der Waals surface area contributed by atoms with Gasteiger partial charge in [0.05, 0.1) is 12.6 Å². The Balaban J connectivity index is 2.46. The van der Waals surface area contributed by atoms with Crippen LogP contribution in [0.25, 0.3) is 0 Å². The van der Waals surface area contributed by atoms with Crippen molar-refractivity contribution in [2.75, 3.05) is 6.61 Å². The van der Waals surface area contributed by atoms with Gasteiger partial charge in [0.25, 0.3) is 0 Å². The van der Waals surface area contributed by atoms with Gasteiger partial charge < -0.3 is 10.5 Å². The lowest BCUT2D eigenvalue weighted by Crippen LogP contribution is -2.14. The van der Waals surface area contributed by atoms with Crippen LogP contribution in [0.3, 0.4) is 0 Å². The Morgan fingerprint density at radius 1 is 1.25 bits per heavy atom. The zero-order valence-electron chi connectivity index (χ0n) is 11.5. The lowest BCUT2D eigenvalue weighted by atomic mass is 9.97. The smallest absolute Gasteiger partial charge is 0.124 e. The highest BCUT2D eigenvalue weighted by Gasteiger charge is 2.16. The summed E-state index contributed by atoms with van der Waals surface area (Å²) < 4.78 is 19.8. The fourth-order valence-corrected chi connectivity index (χ4v) is 2.62. The van der Waals surface area contributed by atoms with Crippen molar-refractivity contribution in [3.63, 3.8) is 0 Å². The highest BCUT2D eigenvalue weighted by molar-refractivity contribution is 9.10. The number of nitrogens with two attached hydrogens (primary N) is 1. The van der Waals surface area contributed by atoms with Crippen LogP contribution in [0.1, 0.15) is 29.7 Å². The highest BCUT2D eigenvalue weighted by atomic mass is 79.9. The Hall–Kier alpha value is -1.39. The molecule has 2 aromatic rings.